The van der Waals surface area contributed by atoms with E-state index in [0.717, 1.165) is 18.7 Å². The number of amides is 1. The van der Waals surface area contributed by atoms with E-state index in [1.54, 1.807) is 17.7 Å². The van der Waals surface area contributed by atoms with Gasteiger partial charge in [-0.1, -0.05) is 0 Å². The van der Waals surface area contributed by atoms with E-state index in [0.29, 0.717) is 37.4 Å². The zero-order valence-electron chi connectivity index (χ0n) is 15.0. The number of carbonyl (C=O) groups excluding carboxylic acids is 1. The molecule has 8 heteroatoms. The Bertz CT molecular complexity index is 743. The molecule has 3 rings (SSSR count). The van der Waals surface area contributed by atoms with Gasteiger partial charge in [0.1, 0.15) is 0 Å². The lowest BCUT2D eigenvalue weighted by Gasteiger charge is -2.35. The largest absolute Gasteiger partial charge is 0.480 e. The molecule has 8 nitrogen and oxygen atoms in total. The third-order valence-electron chi connectivity index (χ3n) is 4.38. The number of nitrogens with zero attached hydrogens (tertiary/aromatic N) is 4. The van der Waals surface area contributed by atoms with Crippen LogP contribution in [0.25, 0.3) is 5.65 Å². The van der Waals surface area contributed by atoms with Gasteiger partial charge in [0.25, 0.3) is 0 Å². The van der Waals surface area contributed by atoms with Gasteiger partial charge in [0.2, 0.25) is 11.8 Å². The maximum atomic E-state index is 12.2. The smallest absolute Gasteiger partial charge is 0.231 e. The zero-order chi connectivity index (χ0) is 17.9. The molecule has 1 atom stereocenters. The molecule has 1 saturated heterocycles. The van der Waals surface area contributed by atoms with Crippen molar-refractivity contribution in [2.24, 2.45) is 0 Å². The Labute approximate surface area is 146 Å². The summed E-state index contributed by atoms with van der Waals surface area (Å²) in [4.78, 5) is 12.2. The molecular weight excluding hydrogens is 322 g/mol. The quantitative estimate of drug-likeness (QED) is 0.852. The molecule has 0 aromatic carbocycles. The molecule has 1 amide bonds. The lowest BCUT2D eigenvalue weighted by molar-refractivity contribution is -0.124. The van der Waals surface area contributed by atoms with Gasteiger partial charge < -0.3 is 14.8 Å². The monoisotopic (exact) mass is 347 g/mol. The molecule has 2 aromatic heterocycles. The summed E-state index contributed by atoms with van der Waals surface area (Å²) >= 11 is 0. The van der Waals surface area contributed by atoms with E-state index in [1.165, 1.54) is 0 Å². The van der Waals surface area contributed by atoms with Gasteiger partial charge in [0.05, 0.1) is 12.7 Å². The second kappa shape index (κ2) is 7.35. The molecule has 1 N–H and O–H groups in total. The number of ether oxygens (including phenoxy) is 2. The van der Waals surface area contributed by atoms with E-state index < -0.39 is 0 Å². The van der Waals surface area contributed by atoms with Gasteiger partial charge in [-0.2, -0.15) is 4.52 Å². The summed E-state index contributed by atoms with van der Waals surface area (Å²) in [7, 11) is 1.57. The lowest BCUT2D eigenvalue weighted by Crippen LogP contribution is -2.45. The highest BCUT2D eigenvalue weighted by atomic mass is 16.5. The fraction of sp³-hybridized carbons (Fsp3) is 0.647. The molecule has 0 radical (unpaired) electrons. The standard InChI is InChI=1S/C17H25N5O3/c1-17(2)11-12(9-10-25-17)18-15(23)6-4-5-13-19-20-14-7-8-16(24-3)21-22(13)14/h7-8,12H,4-6,9-11H2,1-3H3,(H,18,23)/t12-/m1/s1. The fourth-order valence-electron chi connectivity index (χ4n) is 3.14. The van der Waals surface area contributed by atoms with Crippen molar-refractivity contribution in [2.75, 3.05) is 13.7 Å². The highest BCUT2D eigenvalue weighted by Gasteiger charge is 2.29. The number of rotatable bonds is 6. The Morgan fingerprint density at radius 1 is 1.44 bits per heavy atom. The summed E-state index contributed by atoms with van der Waals surface area (Å²) in [5.41, 5.74) is 0.506. The Morgan fingerprint density at radius 2 is 2.28 bits per heavy atom. The molecule has 0 spiro atoms. The third kappa shape index (κ3) is 4.45. The summed E-state index contributed by atoms with van der Waals surface area (Å²) in [6.45, 7) is 4.81. The van der Waals surface area contributed by atoms with Crippen LogP contribution in [-0.4, -0.2) is 51.1 Å². The van der Waals surface area contributed by atoms with Crippen LogP contribution in [0, 0.1) is 0 Å². The number of nitrogens with one attached hydrogen (secondary N) is 1. The van der Waals surface area contributed by atoms with Crippen molar-refractivity contribution in [2.45, 2.75) is 57.6 Å². The minimum absolute atomic E-state index is 0.0714. The normalized spacial score (nSPS) is 19.7. The molecule has 1 aliphatic rings. The third-order valence-corrected chi connectivity index (χ3v) is 4.38. The van der Waals surface area contributed by atoms with Crippen molar-refractivity contribution in [3.05, 3.63) is 18.0 Å². The van der Waals surface area contributed by atoms with Gasteiger partial charge in [-0.3, -0.25) is 4.79 Å². The van der Waals surface area contributed by atoms with E-state index in [9.17, 15) is 4.79 Å². The number of hydrogen-bond donors (Lipinski definition) is 1. The highest BCUT2D eigenvalue weighted by Crippen LogP contribution is 2.24. The number of hydrogen-bond acceptors (Lipinski definition) is 6. The SMILES string of the molecule is COc1ccc2nnc(CCCC(=O)N[C@@H]3CCOC(C)(C)C3)n2n1. The molecule has 25 heavy (non-hydrogen) atoms. The molecule has 0 saturated carbocycles. The first-order chi connectivity index (χ1) is 12.0. The Morgan fingerprint density at radius 3 is 3.04 bits per heavy atom. The van der Waals surface area contributed by atoms with Crippen LogP contribution >= 0.6 is 0 Å². The number of fused-ring (bicyclic) bond motifs is 1. The van der Waals surface area contributed by atoms with Crippen molar-refractivity contribution in [1.29, 1.82) is 0 Å². The lowest BCUT2D eigenvalue weighted by atomic mass is 9.94. The van der Waals surface area contributed by atoms with Crippen molar-refractivity contribution in [1.82, 2.24) is 25.1 Å². The van der Waals surface area contributed by atoms with Gasteiger partial charge in [-0.15, -0.1) is 15.3 Å². The van der Waals surface area contributed by atoms with E-state index in [4.69, 9.17) is 9.47 Å². The fourth-order valence-corrected chi connectivity index (χ4v) is 3.14. The van der Waals surface area contributed by atoms with Crippen LogP contribution in [0.1, 0.15) is 45.4 Å². The average Bonchev–Trinajstić information content (AvgIpc) is 2.96. The summed E-state index contributed by atoms with van der Waals surface area (Å²) in [5.74, 6) is 1.31. The first-order valence-electron chi connectivity index (χ1n) is 8.65. The van der Waals surface area contributed by atoms with Gasteiger partial charge >= 0.3 is 0 Å². The first kappa shape index (κ1) is 17.6. The van der Waals surface area contributed by atoms with Gasteiger partial charge in [-0.25, -0.2) is 0 Å². The predicted octanol–water partition coefficient (Wildman–Crippen LogP) is 1.53. The second-order valence-corrected chi connectivity index (χ2v) is 6.98. The number of methoxy groups -OCH3 is 1. The number of aromatic nitrogens is 4. The van der Waals surface area contributed by atoms with E-state index in [1.807, 2.05) is 6.07 Å². The first-order valence-corrected chi connectivity index (χ1v) is 8.65. The summed E-state index contributed by atoms with van der Waals surface area (Å²) < 4.78 is 12.5. The molecule has 1 aliphatic heterocycles. The van der Waals surface area contributed by atoms with Crippen LogP contribution in [0.15, 0.2) is 12.1 Å². The van der Waals surface area contributed by atoms with Crippen LogP contribution in [-0.2, 0) is 16.0 Å². The molecule has 0 bridgehead atoms. The van der Waals surface area contributed by atoms with E-state index in [-0.39, 0.29) is 17.6 Å². The Hall–Kier alpha value is -2.22. The molecule has 0 aliphatic carbocycles. The summed E-state index contributed by atoms with van der Waals surface area (Å²) in [6, 6.07) is 3.74. The minimum Gasteiger partial charge on any atom is -0.480 e. The highest BCUT2D eigenvalue weighted by molar-refractivity contribution is 5.76. The van der Waals surface area contributed by atoms with Crippen molar-refractivity contribution < 1.29 is 14.3 Å². The van der Waals surface area contributed by atoms with Gasteiger partial charge in [-0.05, 0) is 39.2 Å². The van der Waals surface area contributed by atoms with Gasteiger partial charge in [0, 0.05) is 31.6 Å². The molecule has 0 unspecified atom stereocenters. The van der Waals surface area contributed by atoms with Crippen LogP contribution in [0.5, 0.6) is 5.88 Å². The van der Waals surface area contributed by atoms with E-state index >= 15 is 0 Å². The van der Waals surface area contributed by atoms with E-state index in [2.05, 4.69) is 34.5 Å². The minimum atomic E-state index is -0.165. The maximum absolute atomic E-state index is 12.2. The predicted molar refractivity (Wildman–Crippen MR) is 91.5 cm³/mol. The molecule has 2 aromatic rings. The Balaban J connectivity index is 1.50. The molecule has 136 valence electrons. The topological polar surface area (TPSA) is 90.6 Å². The summed E-state index contributed by atoms with van der Waals surface area (Å²) in [5, 5.41) is 15.7. The van der Waals surface area contributed by atoms with Gasteiger partial charge in [0.15, 0.2) is 11.5 Å². The molecule has 3 heterocycles. The molecule has 1 fully saturated rings. The Kier molecular flexibility index (Phi) is 5.17. The van der Waals surface area contributed by atoms with Crippen molar-refractivity contribution in [3.8, 4) is 5.88 Å². The van der Waals surface area contributed by atoms with Crippen LogP contribution < -0.4 is 10.1 Å². The average molecular weight is 347 g/mol. The van der Waals surface area contributed by atoms with Crippen molar-refractivity contribution in [3.63, 3.8) is 0 Å². The summed E-state index contributed by atoms with van der Waals surface area (Å²) in [6.07, 6.45) is 3.49. The van der Waals surface area contributed by atoms with Crippen molar-refractivity contribution >= 4 is 11.6 Å². The number of aryl methyl sites for hydroxylation is 1. The second-order valence-electron chi connectivity index (χ2n) is 6.98. The zero-order valence-corrected chi connectivity index (χ0v) is 15.0. The number of carbonyl (C=O) groups is 1. The van der Waals surface area contributed by atoms with Crippen LogP contribution in [0.3, 0.4) is 0 Å². The molecular formula is C17H25N5O3. The van der Waals surface area contributed by atoms with Crippen LogP contribution in [0.2, 0.25) is 0 Å². The maximum Gasteiger partial charge on any atom is 0.231 e. The van der Waals surface area contributed by atoms with Crippen LogP contribution in [0.4, 0.5) is 0 Å².